The van der Waals surface area contributed by atoms with E-state index in [1.165, 1.54) is 0 Å². The number of aliphatic hydroxyl groups excluding tert-OH is 1. The van der Waals surface area contributed by atoms with Crippen molar-refractivity contribution in [2.75, 3.05) is 0 Å². The Morgan fingerprint density at radius 1 is 0.929 bits per heavy atom. The van der Waals surface area contributed by atoms with Gasteiger partial charge in [0.15, 0.2) is 5.78 Å². The molecular formula is C6H3O8-3. The highest BCUT2D eigenvalue weighted by atomic mass is 16.4. The zero-order valence-corrected chi connectivity index (χ0v) is 6.46. The van der Waals surface area contributed by atoms with E-state index in [4.69, 9.17) is 5.11 Å². The van der Waals surface area contributed by atoms with E-state index in [0.717, 1.165) is 0 Å². The minimum absolute atomic E-state index is 2.10. The van der Waals surface area contributed by atoms with Gasteiger partial charge in [-0.2, -0.15) is 0 Å². The first-order chi connectivity index (χ1) is 6.29. The lowest BCUT2D eigenvalue weighted by atomic mass is 9.97. The highest BCUT2D eigenvalue weighted by Gasteiger charge is 2.29. The second-order valence-electron chi connectivity index (χ2n) is 2.21. The molecule has 0 spiro atoms. The quantitative estimate of drug-likeness (QED) is 0.341. The number of hydrogen-bond donors (Lipinski definition) is 1. The first-order valence-electron chi connectivity index (χ1n) is 3.14. The molecule has 1 N–H and O–H groups in total. The SMILES string of the molecule is O=C([O-])C(=O)[C@@H](C(=O)[O-])[C@@H](O)C(=O)[O-]. The second-order valence-corrected chi connectivity index (χ2v) is 2.21. The first kappa shape index (κ1) is 12.0. The van der Waals surface area contributed by atoms with Gasteiger partial charge in [-0.15, -0.1) is 0 Å². The Hall–Kier alpha value is -1.96. The summed E-state index contributed by atoms with van der Waals surface area (Å²) in [5.41, 5.74) is 0. The molecule has 8 heteroatoms. The minimum atomic E-state index is -2.79. The summed E-state index contributed by atoms with van der Waals surface area (Å²) in [6.07, 6.45) is -2.79. The van der Waals surface area contributed by atoms with Crippen LogP contribution in [0.4, 0.5) is 0 Å². The molecule has 0 saturated heterocycles. The van der Waals surface area contributed by atoms with Crippen molar-refractivity contribution < 1.29 is 39.6 Å². The lowest BCUT2D eigenvalue weighted by Gasteiger charge is -2.23. The monoisotopic (exact) mass is 203 g/mol. The number of carbonyl (C=O) groups excluding carboxylic acids is 4. The van der Waals surface area contributed by atoms with Crippen LogP contribution in [0.1, 0.15) is 0 Å². The summed E-state index contributed by atoms with van der Waals surface area (Å²) >= 11 is 0. The van der Waals surface area contributed by atoms with Gasteiger partial charge in [-0.05, 0) is 0 Å². The van der Waals surface area contributed by atoms with E-state index in [1.807, 2.05) is 0 Å². The van der Waals surface area contributed by atoms with Crippen molar-refractivity contribution in [3.63, 3.8) is 0 Å². The molecule has 0 aromatic heterocycles. The third-order valence-corrected chi connectivity index (χ3v) is 1.29. The van der Waals surface area contributed by atoms with Crippen LogP contribution < -0.4 is 15.3 Å². The average Bonchev–Trinajstić information content (AvgIpc) is 2.03. The van der Waals surface area contributed by atoms with Crippen molar-refractivity contribution in [3.05, 3.63) is 0 Å². The molecule has 0 amide bonds. The number of carbonyl (C=O) groups is 4. The lowest BCUT2D eigenvalue weighted by Crippen LogP contribution is -2.54. The summed E-state index contributed by atoms with van der Waals surface area (Å²) in [4.78, 5) is 40.5. The van der Waals surface area contributed by atoms with Crippen LogP contribution in [-0.4, -0.2) is 34.9 Å². The smallest absolute Gasteiger partial charge is 0.189 e. The molecule has 0 rings (SSSR count). The van der Waals surface area contributed by atoms with Gasteiger partial charge in [0, 0.05) is 0 Å². The predicted molar refractivity (Wildman–Crippen MR) is 29.5 cm³/mol. The number of hydrogen-bond acceptors (Lipinski definition) is 8. The van der Waals surface area contributed by atoms with Crippen molar-refractivity contribution in [1.82, 2.24) is 0 Å². The maximum atomic E-state index is 10.5. The molecule has 8 nitrogen and oxygen atoms in total. The Kier molecular flexibility index (Phi) is 3.72. The summed E-state index contributed by atoms with van der Waals surface area (Å²) in [6.45, 7) is 0. The van der Waals surface area contributed by atoms with E-state index in [1.54, 1.807) is 0 Å². The zero-order chi connectivity index (χ0) is 11.5. The molecule has 0 heterocycles. The van der Waals surface area contributed by atoms with E-state index in [9.17, 15) is 34.5 Å². The predicted octanol–water partition coefficient (Wildman–Crippen LogP) is -6.22. The number of aliphatic carboxylic acids is 3. The molecule has 78 valence electrons. The van der Waals surface area contributed by atoms with Crippen molar-refractivity contribution in [3.8, 4) is 0 Å². The van der Waals surface area contributed by atoms with Gasteiger partial charge in [0.25, 0.3) is 0 Å². The number of Topliss-reactive ketones (excluding diaryl/α,β-unsaturated/α-hetero) is 1. The second kappa shape index (κ2) is 4.33. The Balaban J connectivity index is 4.96. The van der Waals surface area contributed by atoms with E-state index in [0.29, 0.717) is 0 Å². The van der Waals surface area contributed by atoms with Gasteiger partial charge >= 0.3 is 0 Å². The van der Waals surface area contributed by atoms with Crippen LogP contribution in [0.15, 0.2) is 0 Å². The van der Waals surface area contributed by atoms with Gasteiger partial charge in [0.1, 0.15) is 12.1 Å². The maximum Gasteiger partial charge on any atom is 0.189 e. The van der Waals surface area contributed by atoms with E-state index >= 15 is 0 Å². The molecule has 0 unspecified atom stereocenters. The number of carboxylic acid groups (broad SMARTS) is 3. The fourth-order valence-corrected chi connectivity index (χ4v) is 0.642. The highest BCUT2D eigenvalue weighted by Crippen LogP contribution is 2.03. The Morgan fingerprint density at radius 2 is 1.36 bits per heavy atom. The van der Waals surface area contributed by atoms with Crippen molar-refractivity contribution >= 4 is 23.7 Å². The molecule has 2 atom stereocenters. The molecule has 0 saturated carbocycles. The number of aliphatic hydroxyl groups is 1. The maximum absolute atomic E-state index is 10.5. The molecule has 0 aliphatic carbocycles. The summed E-state index contributed by atoms with van der Waals surface area (Å²) < 4.78 is 0. The number of ketones is 1. The van der Waals surface area contributed by atoms with Crippen molar-refractivity contribution in [2.24, 2.45) is 5.92 Å². The van der Waals surface area contributed by atoms with Crippen LogP contribution in [-0.2, 0) is 19.2 Å². The van der Waals surface area contributed by atoms with Crippen LogP contribution in [0.25, 0.3) is 0 Å². The van der Waals surface area contributed by atoms with Gasteiger partial charge in [0.2, 0.25) is 0 Å². The minimum Gasteiger partial charge on any atom is -0.549 e. The largest absolute Gasteiger partial charge is 0.549 e. The fraction of sp³-hybridized carbons (Fsp3) is 0.333. The number of rotatable bonds is 5. The summed E-state index contributed by atoms with van der Waals surface area (Å²) in [6, 6.07) is 0. The van der Waals surface area contributed by atoms with Crippen LogP contribution >= 0.6 is 0 Å². The van der Waals surface area contributed by atoms with E-state index < -0.39 is 35.7 Å². The van der Waals surface area contributed by atoms with Crippen LogP contribution in [0.2, 0.25) is 0 Å². The lowest BCUT2D eigenvalue weighted by molar-refractivity contribution is -0.330. The van der Waals surface area contributed by atoms with Crippen molar-refractivity contribution in [1.29, 1.82) is 0 Å². The average molecular weight is 203 g/mol. The molecule has 0 bridgehead atoms. The molecule has 0 aromatic rings. The highest BCUT2D eigenvalue weighted by molar-refractivity contribution is 6.36. The van der Waals surface area contributed by atoms with Crippen LogP contribution in [0.5, 0.6) is 0 Å². The summed E-state index contributed by atoms with van der Waals surface area (Å²) in [5, 5.41) is 38.5. The topological polar surface area (TPSA) is 158 Å². The molecule has 0 radical (unpaired) electrons. The Labute approximate surface area is 76.4 Å². The van der Waals surface area contributed by atoms with E-state index in [-0.39, 0.29) is 0 Å². The van der Waals surface area contributed by atoms with Gasteiger partial charge in [0.05, 0.1) is 17.9 Å². The summed E-state index contributed by atoms with van der Waals surface area (Å²) in [7, 11) is 0. The molecule has 0 fully saturated rings. The summed E-state index contributed by atoms with van der Waals surface area (Å²) in [5.74, 6) is -11.9. The third-order valence-electron chi connectivity index (χ3n) is 1.29. The van der Waals surface area contributed by atoms with E-state index in [2.05, 4.69) is 0 Å². The molecule has 0 aliphatic heterocycles. The van der Waals surface area contributed by atoms with Gasteiger partial charge in [-0.1, -0.05) is 0 Å². The standard InChI is InChI=1S/C6H6O8/c7-2(5(11)12)1(4(9)10)3(8)6(13)14/h1-2,7H,(H,9,10)(H,11,12)(H,13,14)/p-3/t1-,2+/m0/s1. The van der Waals surface area contributed by atoms with Crippen LogP contribution in [0, 0.1) is 5.92 Å². The molecule has 0 aliphatic rings. The van der Waals surface area contributed by atoms with Crippen molar-refractivity contribution in [2.45, 2.75) is 6.10 Å². The third kappa shape index (κ3) is 2.52. The van der Waals surface area contributed by atoms with Crippen LogP contribution in [0.3, 0.4) is 0 Å². The molecule has 14 heavy (non-hydrogen) atoms. The normalized spacial score (nSPS) is 14.1. The van der Waals surface area contributed by atoms with Gasteiger partial charge < -0.3 is 34.8 Å². The fourth-order valence-electron chi connectivity index (χ4n) is 0.642. The number of carboxylic acids is 3. The Bertz CT molecular complexity index is 292. The van der Waals surface area contributed by atoms with Gasteiger partial charge in [-0.25, -0.2) is 0 Å². The first-order valence-corrected chi connectivity index (χ1v) is 3.14. The Morgan fingerprint density at radius 3 is 1.57 bits per heavy atom. The van der Waals surface area contributed by atoms with Gasteiger partial charge in [-0.3, -0.25) is 4.79 Å². The molecular weight excluding hydrogens is 200 g/mol. The zero-order valence-electron chi connectivity index (χ0n) is 6.46. The molecule has 0 aromatic carbocycles.